The number of hydrogen-bond acceptors (Lipinski definition) is 3. The lowest BCUT2D eigenvalue weighted by Crippen LogP contribution is -2.46. The molecule has 2 N–H and O–H groups in total. The number of sulfonamides is 1. The Balaban J connectivity index is 2.17. The molecule has 5 heteroatoms. The van der Waals surface area contributed by atoms with Gasteiger partial charge in [0.1, 0.15) is 0 Å². The Kier molecular flexibility index (Phi) is 4.52. The van der Waals surface area contributed by atoms with Gasteiger partial charge in [-0.2, -0.15) is 0 Å². The maximum absolute atomic E-state index is 12.5. The van der Waals surface area contributed by atoms with Crippen LogP contribution >= 0.6 is 0 Å². The first-order valence-corrected chi connectivity index (χ1v) is 8.59. The molecule has 0 bridgehead atoms. The van der Waals surface area contributed by atoms with Crippen molar-refractivity contribution in [3.8, 4) is 0 Å². The molecule has 4 nitrogen and oxygen atoms in total. The Hall–Kier alpha value is -0.910. The van der Waals surface area contributed by atoms with Gasteiger partial charge in [-0.15, -0.1) is 0 Å². The summed E-state index contributed by atoms with van der Waals surface area (Å²) in [7, 11) is -3.49. The van der Waals surface area contributed by atoms with E-state index in [1.807, 2.05) is 26.8 Å². The summed E-state index contributed by atoms with van der Waals surface area (Å²) in [5, 5.41) is 9.37. The lowest BCUT2D eigenvalue weighted by molar-refractivity contribution is 0.0277. The standard InChI is InChI=1S/C15H23NO3S/c1-4-15(12-8-13(17)9-12)16-20(18,19)14-6-10(2)5-11(3)7-14/h5-7,12-13,15-17H,4,8-9H2,1-3H3. The minimum Gasteiger partial charge on any atom is -0.393 e. The average molecular weight is 297 g/mol. The van der Waals surface area contributed by atoms with Gasteiger partial charge in [0.05, 0.1) is 11.0 Å². The first-order valence-electron chi connectivity index (χ1n) is 7.10. The molecule has 20 heavy (non-hydrogen) atoms. The van der Waals surface area contributed by atoms with E-state index in [9.17, 15) is 13.5 Å². The van der Waals surface area contributed by atoms with Gasteiger partial charge >= 0.3 is 0 Å². The van der Waals surface area contributed by atoms with Crippen molar-refractivity contribution in [2.75, 3.05) is 0 Å². The van der Waals surface area contributed by atoms with E-state index in [1.165, 1.54) is 0 Å². The SMILES string of the molecule is CCC(NS(=O)(=O)c1cc(C)cc(C)c1)C1CC(O)C1. The Morgan fingerprint density at radius 1 is 1.25 bits per heavy atom. The Morgan fingerprint density at radius 3 is 2.25 bits per heavy atom. The number of nitrogens with one attached hydrogen (secondary N) is 1. The van der Waals surface area contributed by atoms with Gasteiger partial charge in [-0.05, 0) is 62.3 Å². The fourth-order valence-electron chi connectivity index (χ4n) is 2.83. The topological polar surface area (TPSA) is 66.4 Å². The largest absolute Gasteiger partial charge is 0.393 e. The van der Waals surface area contributed by atoms with E-state index in [2.05, 4.69) is 4.72 Å². The third-order valence-corrected chi connectivity index (χ3v) is 5.44. The zero-order valence-corrected chi connectivity index (χ0v) is 13.1. The highest BCUT2D eigenvalue weighted by Gasteiger charge is 2.35. The zero-order chi connectivity index (χ0) is 14.9. The number of hydrogen-bond donors (Lipinski definition) is 2. The van der Waals surface area contributed by atoms with Crippen LogP contribution in [0.3, 0.4) is 0 Å². The molecule has 1 aliphatic carbocycles. The highest BCUT2D eigenvalue weighted by molar-refractivity contribution is 7.89. The Labute approximate surface area is 121 Å². The first kappa shape index (κ1) is 15.5. The van der Waals surface area contributed by atoms with Crippen LogP contribution in [-0.2, 0) is 10.0 Å². The third kappa shape index (κ3) is 3.40. The summed E-state index contributed by atoms with van der Waals surface area (Å²) in [5.41, 5.74) is 1.88. The van der Waals surface area contributed by atoms with Crippen LogP contribution in [0, 0.1) is 19.8 Å². The molecular formula is C15H23NO3S. The predicted octanol–water partition coefficient (Wildman–Crippen LogP) is 2.13. The van der Waals surface area contributed by atoms with Crippen LogP contribution in [0.4, 0.5) is 0 Å². The highest BCUT2D eigenvalue weighted by Crippen LogP contribution is 2.32. The molecule has 0 aliphatic heterocycles. The van der Waals surface area contributed by atoms with Gasteiger partial charge in [0.2, 0.25) is 10.0 Å². The van der Waals surface area contributed by atoms with E-state index in [0.717, 1.165) is 17.5 Å². The molecule has 1 aliphatic rings. The Bertz CT molecular complexity index is 557. The van der Waals surface area contributed by atoms with Crippen LogP contribution in [0.2, 0.25) is 0 Å². The number of aliphatic hydroxyl groups excluding tert-OH is 1. The molecule has 112 valence electrons. The second-order valence-electron chi connectivity index (χ2n) is 5.84. The van der Waals surface area contributed by atoms with Crippen LogP contribution in [0.15, 0.2) is 23.1 Å². The van der Waals surface area contributed by atoms with Crippen molar-refractivity contribution in [1.82, 2.24) is 4.72 Å². The van der Waals surface area contributed by atoms with Crippen molar-refractivity contribution in [2.45, 2.75) is 57.1 Å². The number of benzene rings is 1. The minimum atomic E-state index is -3.49. The molecule has 1 aromatic rings. The van der Waals surface area contributed by atoms with Crippen LogP contribution in [-0.4, -0.2) is 25.7 Å². The van der Waals surface area contributed by atoms with Crippen molar-refractivity contribution in [1.29, 1.82) is 0 Å². The summed E-state index contributed by atoms with van der Waals surface area (Å²) >= 11 is 0. The maximum atomic E-state index is 12.5. The van der Waals surface area contributed by atoms with E-state index < -0.39 is 10.0 Å². The number of rotatable bonds is 5. The second-order valence-corrected chi connectivity index (χ2v) is 7.56. The third-order valence-electron chi connectivity index (χ3n) is 3.97. The first-order chi connectivity index (χ1) is 9.31. The molecule has 0 amide bonds. The molecule has 0 saturated heterocycles. The Morgan fingerprint density at radius 2 is 1.80 bits per heavy atom. The molecule has 1 saturated carbocycles. The molecule has 2 rings (SSSR count). The molecule has 1 aromatic carbocycles. The summed E-state index contributed by atoms with van der Waals surface area (Å²) in [6.45, 7) is 5.76. The summed E-state index contributed by atoms with van der Waals surface area (Å²) in [4.78, 5) is 0.327. The number of aliphatic hydroxyl groups is 1. The van der Waals surface area contributed by atoms with Crippen molar-refractivity contribution < 1.29 is 13.5 Å². The van der Waals surface area contributed by atoms with Crippen LogP contribution < -0.4 is 4.72 Å². The van der Waals surface area contributed by atoms with Gasteiger partial charge in [-0.1, -0.05) is 13.0 Å². The minimum absolute atomic E-state index is 0.0933. The summed E-state index contributed by atoms with van der Waals surface area (Å²) in [5.74, 6) is 0.246. The van der Waals surface area contributed by atoms with Gasteiger partial charge in [0, 0.05) is 6.04 Å². The molecule has 0 radical (unpaired) electrons. The van der Waals surface area contributed by atoms with Crippen LogP contribution in [0.5, 0.6) is 0 Å². The predicted molar refractivity (Wildman–Crippen MR) is 79.0 cm³/mol. The molecule has 1 fully saturated rings. The van der Waals surface area contributed by atoms with Crippen molar-refractivity contribution >= 4 is 10.0 Å². The summed E-state index contributed by atoms with van der Waals surface area (Å²) in [6.07, 6.45) is 1.85. The van der Waals surface area contributed by atoms with Crippen LogP contribution in [0.1, 0.15) is 37.3 Å². The van der Waals surface area contributed by atoms with E-state index in [0.29, 0.717) is 17.7 Å². The van der Waals surface area contributed by atoms with Crippen molar-refractivity contribution in [3.05, 3.63) is 29.3 Å². The smallest absolute Gasteiger partial charge is 0.240 e. The fraction of sp³-hybridized carbons (Fsp3) is 0.600. The quantitative estimate of drug-likeness (QED) is 0.875. The monoisotopic (exact) mass is 297 g/mol. The van der Waals surface area contributed by atoms with Gasteiger partial charge in [-0.3, -0.25) is 0 Å². The van der Waals surface area contributed by atoms with Gasteiger partial charge in [0.25, 0.3) is 0 Å². The van der Waals surface area contributed by atoms with Crippen LogP contribution in [0.25, 0.3) is 0 Å². The normalized spacial score (nSPS) is 24.2. The summed E-state index contributed by atoms with van der Waals surface area (Å²) < 4.78 is 27.7. The van der Waals surface area contributed by atoms with E-state index in [1.54, 1.807) is 12.1 Å². The van der Waals surface area contributed by atoms with E-state index in [-0.39, 0.29) is 18.1 Å². The molecule has 0 heterocycles. The zero-order valence-electron chi connectivity index (χ0n) is 12.3. The molecule has 0 spiro atoms. The van der Waals surface area contributed by atoms with Gasteiger partial charge < -0.3 is 5.11 Å². The van der Waals surface area contributed by atoms with E-state index in [4.69, 9.17) is 0 Å². The second kappa shape index (κ2) is 5.84. The van der Waals surface area contributed by atoms with Gasteiger partial charge in [-0.25, -0.2) is 13.1 Å². The van der Waals surface area contributed by atoms with Gasteiger partial charge in [0.15, 0.2) is 0 Å². The fourth-order valence-corrected chi connectivity index (χ4v) is 4.40. The summed E-state index contributed by atoms with van der Waals surface area (Å²) in [6, 6.07) is 5.25. The maximum Gasteiger partial charge on any atom is 0.240 e. The van der Waals surface area contributed by atoms with Crippen molar-refractivity contribution in [2.24, 2.45) is 5.92 Å². The number of aryl methyl sites for hydroxylation is 2. The molecule has 0 aromatic heterocycles. The lowest BCUT2D eigenvalue weighted by Gasteiger charge is -2.37. The lowest BCUT2D eigenvalue weighted by atomic mass is 9.77. The molecule has 1 atom stereocenters. The molecular weight excluding hydrogens is 274 g/mol. The average Bonchev–Trinajstić information content (AvgIpc) is 2.31. The molecule has 1 unspecified atom stereocenters. The highest BCUT2D eigenvalue weighted by atomic mass is 32.2. The van der Waals surface area contributed by atoms with Crippen molar-refractivity contribution in [3.63, 3.8) is 0 Å². The van der Waals surface area contributed by atoms with E-state index >= 15 is 0 Å².